The number of nitrogens with two attached hydrogens (primary N) is 2. The second kappa shape index (κ2) is 13.2. The molecule has 0 saturated heterocycles. The van der Waals surface area contributed by atoms with Crippen molar-refractivity contribution in [2.24, 2.45) is 11.5 Å². The van der Waals surface area contributed by atoms with Crippen molar-refractivity contribution < 1.29 is 0 Å². The van der Waals surface area contributed by atoms with E-state index in [9.17, 15) is 0 Å². The molecule has 8 aromatic rings. The normalized spacial score (nSPS) is 13.6. The summed E-state index contributed by atoms with van der Waals surface area (Å²) in [6.45, 7) is 8.39. The molecular weight excluding hydrogens is 657 g/mol. The van der Waals surface area contributed by atoms with E-state index < -0.39 is 0 Å². The van der Waals surface area contributed by atoms with E-state index in [1.807, 2.05) is 13.8 Å². The maximum absolute atomic E-state index is 6.40. The molecule has 2 heterocycles. The molecule has 0 spiro atoms. The molecule has 0 saturated carbocycles. The zero-order valence-electron chi connectivity index (χ0n) is 31.3. The first-order valence-electron chi connectivity index (χ1n) is 18.9. The van der Waals surface area contributed by atoms with Crippen LogP contribution in [0.4, 0.5) is 0 Å². The predicted octanol–water partition coefficient (Wildman–Crippen LogP) is 12.3. The number of hydrogen-bond donors (Lipinski definition) is 2. The molecule has 264 valence electrons. The van der Waals surface area contributed by atoms with Crippen LogP contribution in [-0.2, 0) is 12.8 Å². The Morgan fingerprint density at radius 2 is 1.07 bits per heavy atom. The zero-order valence-corrected chi connectivity index (χ0v) is 31.3. The van der Waals surface area contributed by atoms with E-state index >= 15 is 0 Å². The van der Waals surface area contributed by atoms with Gasteiger partial charge in [0, 0.05) is 33.9 Å². The van der Waals surface area contributed by atoms with Gasteiger partial charge >= 0.3 is 0 Å². The lowest BCUT2D eigenvalue weighted by Gasteiger charge is -2.23. The molecule has 0 fully saturated rings. The van der Waals surface area contributed by atoms with Crippen molar-refractivity contribution in [1.29, 1.82) is 0 Å². The van der Waals surface area contributed by atoms with Crippen LogP contribution in [0.25, 0.3) is 88.4 Å². The van der Waals surface area contributed by atoms with Gasteiger partial charge < -0.3 is 20.6 Å². The molecule has 0 bridgehead atoms. The largest absolute Gasteiger partial charge is 0.403 e. The molecule has 0 radical (unpaired) electrons. The van der Waals surface area contributed by atoms with Crippen LogP contribution in [0.1, 0.15) is 36.1 Å². The molecule has 1 aliphatic rings. The van der Waals surface area contributed by atoms with Gasteiger partial charge in [0.15, 0.2) is 0 Å². The summed E-state index contributed by atoms with van der Waals surface area (Å²) in [6.07, 6.45) is 13.6. The minimum absolute atomic E-state index is 0.930. The summed E-state index contributed by atoms with van der Waals surface area (Å²) in [5.41, 5.74) is 32.0. The summed E-state index contributed by atoms with van der Waals surface area (Å²) in [5, 5.41) is 4.94. The van der Waals surface area contributed by atoms with Crippen molar-refractivity contribution in [2.45, 2.75) is 40.5 Å². The van der Waals surface area contributed by atoms with Crippen molar-refractivity contribution in [3.8, 4) is 33.4 Å². The second-order valence-corrected chi connectivity index (χ2v) is 14.6. The van der Waals surface area contributed by atoms with Gasteiger partial charge in [-0.2, -0.15) is 0 Å². The molecule has 6 aromatic carbocycles. The molecule has 2 aromatic heterocycles. The van der Waals surface area contributed by atoms with E-state index in [4.69, 9.17) is 11.5 Å². The van der Waals surface area contributed by atoms with Crippen molar-refractivity contribution in [3.05, 3.63) is 168 Å². The number of hydrogen-bond acceptors (Lipinski definition) is 2. The highest BCUT2D eigenvalue weighted by Gasteiger charge is 2.26. The van der Waals surface area contributed by atoms with Gasteiger partial charge in [-0.15, -0.1) is 0 Å². The highest BCUT2D eigenvalue weighted by atomic mass is 15.0. The molecule has 0 unspecified atom stereocenters. The number of rotatable bonds is 6. The number of benzene rings is 6. The fourth-order valence-corrected chi connectivity index (χ4v) is 8.81. The van der Waals surface area contributed by atoms with Crippen LogP contribution in [0.5, 0.6) is 0 Å². The molecule has 0 amide bonds. The number of allylic oxidation sites excluding steroid dienone is 6. The summed E-state index contributed by atoms with van der Waals surface area (Å²) >= 11 is 0. The molecule has 54 heavy (non-hydrogen) atoms. The number of fused-ring (bicyclic) bond motifs is 10. The van der Waals surface area contributed by atoms with Crippen molar-refractivity contribution in [1.82, 2.24) is 9.13 Å². The third-order valence-electron chi connectivity index (χ3n) is 11.2. The van der Waals surface area contributed by atoms with E-state index in [0.29, 0.717) is 0 Å². The maximum atomic E-state index is 6.40. The van der Waals surface area contributed by atoms with Gasteiger partial charge in [-0.25, -0.2) is 0 Å². The quantitative estimate of drug-likeness (QED) is 0.170. The number of aryl methyl sites for hydroxylation is 4. The van der Waals surface area contributed by atoms with Crippen LogP contribution >= 0.6 is 0 Å². The van der Waals surface area contributed by atoms with E-state index in [1.165, 1.54) is 82.7 Å². The lowest BCUT2D eigenvalue weighted by Crippen LogP contribution is -2.08. The van der Waals surface area contributed by atoms with Gasteiger partial charge in [-0.05, 0) is 134 Å². The average Bonchev–Trinajstić information content (AvgIpc) is 3.69. The molecule has 1 aliphatic carbocycles. The van der Waals surface area contributed by atoms with Crippen molar-refractivity contribution in [3.63, 3.8) is 0 Å². The van der Waals surface area contributed by atoms with E-state index in [1.54, 1.807) is 12.4 Å². The van der Waals surface area contributed by atoms with Crippen LogP contribution < -0.4 is 11.5 Å². The van der Waals surface area contributed by atoms with Crippen molar-refractivity contribution in [2.75, 3.05) is 0 Å². The van der Waals surface area contributed by atoms with Gasteiger partial charge in [-0.1, -0.05) is 96.1 Å². The number of nitrogens with zero attached hydrogens (tertiary/aromatic N) is 2. The fourth-order valence-electron chi connectivity index (χ4n) is 8.81. The zero-order chi connectivity index (χ0) is 37.1. The maximum Gasteiger partial charge on any atom is 0.0613 e. The Morgan fingerprint density at radius 3 is 1.67 bits per heavy atom. The van der Waals surface area contributed by atoms with Crippen molar-refractivity contribution >= 4 is 55.0 Å². The van der Waals surface area contributed by atoms with Crippen LogP contribution in [-0.4, -0.2) is 9.13 Å². The third-order valence-corrected chi connectivity index (χ3v) is 11.2. The smallest absolute Gasteiger partial charge is 0.0613 e. The Kier molecular flexibility index (Phi) is 8.12. The summed E-state index contributed by atoms with van der Waals surface area (Å²) in [7, 11) is 0. The first-order chi connectivity index (χ1) is 26.4. The monoisotopic (exact) mass is 700 g/mol. The summed E-state index contributed by atoms with van der Waals surface area (Å²) < 4.78 is 4.70. The molecule has 0 aliphatic heterocycles. The molecule has 4 heteroatoms. The molecular formula is C50H44N4. The van der Waals surface area contributed by atoms with Crippen LogP contribution in [0.3, 0.4) is 0 Å². The first-order valence-corrected chi connectivity index (χ1v) is 18.9. The van der Waals surface area contributed by atoms with Crippen LogP contribution in [0.2, 0.25) is 0 Å². The first kappa shape index (κ1) is 33.3. The Labute approximate surface area is 316 Å². The van der Waals surface area contributed by atoms with Gasteiger partial charge in [0.1, 0.15) is 0 Å². The highest BCUT2D eigenvalue weighted by Crippen LogP contribution is 2.46. The molecule has 0 atom stereocenters. The topological polar surface area (TPSA) is 61.9 Å². The van der Waals surface area contributed by atoms with E-state index in [-0.39, 0.29) is 0 Å². The number of aromatic nitrogens is 2. The Balaban J connectivity index is 1.32. The second-order valence-electron chi connectivity index (χ2n) is 14.6. The highest BCUT2D eigenvalue weighted by molar-refractivity contribution is 6.16. The fraction of sp³-hybridized carbons (Fsp3) is 0.120. The standard InChI is InChI=1S/C50H44N4/c1-5-9-38(29-51)53-47-21-16-36(34-14-8-12-32(4)24-34)26-45(47)46-27-37-15-18-41-40(43(37)28-49(46)53)19-20-42-44-25-35(33-13-7-11-31(3)23-33)17-22-48(44)54(50(41)42)39(30-52)10-6-2/h5-14,16-17,19-30H,15,18,51-52H2,1-4H3/b9-5-,10-6-,38-29+,39-30+. The van der Waals surface area contributed by atoms with Gasteiger partial charge in [0.2, 0.25) is 0 Å². The van der Waals surface area contributed by atoms with Crippen LogP contribution in [0.15, 0.2) is 146 Å². The van der Waals surface area contributed by atoms with Gasteiger partial charge in [-0.3, -0.25) is 0 Å². The lowest BCUT2D eigenvalue weighted by atomic mass is 9.83. The summed E-state index contributed by atoms with van der Waals surface area (Å²) in [6, 6.07) is 40.7. The average molecular weight is 701 g/mol. The van der Waals surface area contributed by atoms with E-state index in [2.05, 4.69) is 156 Å². The Hall–Kier alpha value is -6.52. The van der Waals surface area contributed by atoms with E-state index in [0.717, 1.165) is 40.8 Å². The minimum Gasteiger partial charge on any atom is -0.403 e. The van der Waals surface area contributed by atoms with Gasteiger partial charge in [0.25, 0.3) is 0 Å². The SMILES string of the molecule is C/C=C\C(=C/N)n1c2ccc(-c3cccc(C)c3)cc2c2cc3c(cc21)-c1ccc2c4cc(-c5cccc(C)c5)ccc4n(C(/C=C\C)=C/N)c2c1CC3. The Bertz CT molecular complexity index is 2880. The minimum atomic E-state index is 0.930. The third kappa shape index (κ3) is 5.21. The Morgan fingerprint density at radius 1 is 0.519 bits per heavy atom. The molecule has 4 nitrogen and oxygen atoms in total. The molecule has 4 N–H and O–H groups in total. The van der Waals surface area contributed by atoms with Gasteiger partial charge in [0.05, 0.1) is 33.5 Å². The van der Waals surface area contributed by atoms with Crippen LogP contribution in [0, 0.1) is 13.8 Å². The molecule has 9 rings (SSSR count). The lowest BCUT2D eigenvalue weighted by molar-refractivity contribution is 0.946. The summed E-state index contributed by atoms with van der Waals surface area (Å²) in [5.74, 6) is 0. The summed E-state index contributed by atoms with van der Waals surface area (Å²) in [4.78, 5) is 0. The predicted molar refractivity (Wildman–Crippen MR) is 232 cm³/mol.